The summed E-state index contributed by atoms with van der Waals surface area (Å²) in [5, 5.41) is 19.5. The summed E-state index contributed by atoms with van der Waals surface area (Å²) in [7, 11) is 2.11. The number of aliphatic carboxylic acids is 2. The molecule has 572 valence electrons. The SMILES string of the molecule is CCO/C=C\C1CC(/C=C/C2CC(/C=C\c3ccccc3)C(C(=O)OC)C2C(=O)OC)CC1C(F)(F)C(F)(F)C(F)(F)C(F)(F)C(F)(F)C(F)(F)F.CCO/C=C\C1CC(/C=C/C2OC(/C=C\c3ccccc3)C(C(=O)O)C2C(=O)O)CC1C(F)(F)C(F)(F)C(F)(F)C(F)(F)C(F)(F)C(F)(F)F. The van der Waals surface area contributed by atoms with Gasteiger partial charge >= 0.3 is 95.5 Å². The van der Waals surface area contributed by atoms with Crippen LogP contribution < -0.4 is 0 Å². The van der Waals surface area contributed by atoms with Gasteiger partial charge in [-0.05, 0) is 105 Å². The molecule has 2 aromatic carbocycles. The summed E-state index contributed by atoms with van der Waals surface area (Å²) in [6.07, 6.45) is -8.59. The lowest BCUT2D eigenvalue weighted by Crippen LogP contribution is -2.71. The second kappa shape index (κ2) is 31.8. The summed E-state index contributed by atoms with van der Waals surface area (Å²) < 4.78 is 388. The van der Waals surface area contributed by atoms with Gasteiger partial charge in [-0.2, -0.15) is 114 Å². The monoisotopic (exact) mass is 1510 g/mol. The Bertz CT molecular complexity index is 3350. The number of hydrogen-bond donors (Lipinski definition) is 2. The first kappa shape index (κ1) is 85.1. The van der Waals surface area contributed by atoms with Gasteiger partial charge in [0.2, 0.25) is 0 Å². The van der Waals surface area contributed by atoms with Crippen molar-refractivity contribution in [1.82, 2.24) is 0 Å². The first-order valence-electron chi connectivity index (χ1n) is 30.4. The van der Waals surface area contributed by atoms with Crippen LogP contribution in [0.1, 0.15) is 57.1 Å². The second-order valence-electron chi connectivity index (χ2n) is 24.2. The Hall–Kier alpha value is -7.50. The summed E-state index contributed by atoms with van der Waals surface area (Å²) >= 11 is 0. The van der Waals surface area contributed by atoms with Gasteiger partial charge in [-0.15, -0.1) is 0 Å². The van der Waals surface area contributed by atoms with E-state index in [0.29, 0.717) is 17.9 Å². The maximum absolute atomic E-state index is 15.5. The average molecular weight is 1520 g/mol. The number of rotatable bonds is 28. The molecule has 0 spiro atoms. The molecule has 6 rings (SSSR count). The molecule has 2 aromatic rings. The highest BCUT2D eigenvalue weighted by Gasteiger charge is 2.93. The van der Waals surface area contributed by atoms with Gasteiger partial charge in [0.1, 0.15) is 11.8 Å². The summed E-state index contributed by atoms with van der Waals surface area (Å²) in [6, 6.07) is 17.0. The number of carbonyl (C=O) groups excluding carboxylic acids is 2. The van der Waals surface area contributed by atoms with Crippen LogP contribution in [-0.2, 0) is 42.9 Å². The molecule has 3 aliphatic carbocycles. The van der Waals surface area contributed by atoms with E-state index in [-0.39, 0.29) is 19.6 Å². The molecule has 3 saturated carbocycles. The molecule has 0 aromatic heterocycles. The number of halogens is 26. The van der Waals surface area contributed by atoms with E-state index in [1.54, 1.807) is 72.8 Å². The first-order chi connectivity index (χ1) is 46.8. The molecular weight excluding hydrogens is 1450 g/mol. The topological polar surface area (TPSA) is 155 Å². The average Bonchev–Trinajstić information content (AvgIpc) is 0.788. The Kier molecular flexibility index (Phi) is 26.6. The number of esters is 2. The standard InChI is InChI=1S/C34H35F13O5.C31H29F13O6/c1-4-52-15-14-21-16-20(17-24(21)29(35,36)30(37,38)31(39,40)32(41,42)33(43,44)34(45,46)47)11-13-23-18-22(12-10-19-8-6-5-7-9-19)25(27(48)50-2)26(23)28(49)51-3;1-2-49-13-12-18-14-17(15-19(18)26(32,33)27(34,35)28(36,37)29(38,39)30(40,41)31(42,43)44)9-11-21-23(25(47)48)22(24(45)46)20(50-21)10-8-16-6-4-3-5-7-16/h5-15,20-26H,4,16-18H2,1-3H3;3-13,17-23H,2,14-15H2,1H3,(H,45,46)(H,47,48)/b12-10-,13-11+,15-14-;10-8-,11-9+,13-12-. The number of methoxy groups -OCH3 is 2. The Morgan fingerprint density at radius 1 is 0.392 bits per heavy atom. The van der Waals surface area contributed by atoms with Crippen LogP contribution >= 0.6 is 0 Å². The fraction of sp³-hybridized carbons (Fsp3) is 0.569. The van der Waals surface area contributed by atoms with Crippen molar-refractivity contribution >= 4 is 36.0 Å². The number of allylic oxidation sites excluding steroid dienone is 6. The minimum absolute atomic E-state index is 0.0616. The van der Waals surface area contributed by atoms with Crippen molar-refractivity contribution in [2.75, 3.05) is 27.4 Å². The fourth-order valence-electron chi connectivity index (χ4n) is 12.6. The van der Waals surface area contributed by atoms with Gasteiger partial charge in [-0.1, -0.05) is 109 Å². The van der Waals surface area contributed by atoms with Crippen LogP contribution in [0.25, 0.3) is 12.2 Å². The third-order valence-electron chi connectivity index (χ3n) is 17.9. The van der Waals surface area contributed by atoms with Gasteiger partial charge in [0.15, 0.2) is 0 Å². The predicted molar refractivity (Wildman–Crippen MR) is 305 cm³/mol. The van der Waals surface area contributed by atoms with Crippen LogP contribution in [0.2, 0.25) is 0 Å². The lowest BCUT2D eigenvalue weighted by atomic mass is 9.82. The van der Waals surface area contributed by atoms with E-state index in [9.17, 15) is 126 Å². The van der Waals surface area contributed by atoms with E-state index >= 15 is 17.6 Å². The summed E-state index contributed by atoms with van der Waals surface area (Å²) in [4.78, 5) is 49.9. The van der Waals surface area contributed by atoms with Crippen molar-refractivity contribution < 1.29 is 167 Å². The minimum atomic E-state index is -8.04. The van der Waals surface area contributed by atoms with E-state index in [0.717, 1.165) is 44.3 Å². The Morgan fingerprint density at radius 2 is 0.716 bits per heavy atom. The minimum Gasteiger partial charge on any atom is -0.502 e. The molecule has 102 heavy (non-hydrogen) atoms. The smallest absolute Gasteiger partial charge is 0.460 e. The molecule has 14 atom stereocenters. The molecule has 1 aliphatic heterocycles. The molecule has 1 saturated heterocycles. The van der Waals surface area contributed by atoms with Crippen LogP contribution in [0.5, 0.6) is 0 Å². The van der Waals surface area contributed by atoms with Crippen LogP contribution in [0.4, 0.5) is 114 Å². The zero-order valence-corrected chi connectivity index (χ0v) is 53.1. The Balaban J connectivity index is 0.000000367. The lowest BCUT2D eigenvalue weighted by Gasteiger charge is -2.42. The molecular formula is C65H64F26O11. The van der Waals surface area contributed by atoms with Crippen molar-refractivity contribution in [1.29, 1.82) is 0 Å². The predicted octanol–water partition coefficient (Wildman–Crippen LogP) is 17.8. The van der Waals surface area contributed by atoms with Gasteiger partial charge in [-0.3, -0.25) is 19.2 Å². The first-order valence-corrected chi connectivity index (χ1v) is 30.4. The third kappa shape index (κ3) is 16.5. The highest BCUT2D eigenvalue weighted by atomic mass is 19.4. The normalized spacial score (nSPS) is 27.2. The van der Waals surface area contributed by atoms with E-state index in [1.165, 1.54) is 38.2 Å². The quantitative estimate of drug-likeness (QED) is 0.0362. The van der Waals surface area contributed by atoms with Gasteiger partial charge < -0.3 is 33.9 Å². The largest absolute Gasteiger partial charge is 0.502 e. The molecule has 11 nitrogen and oxygen atoms in total. The number of hydrogen-bond acceptors (Lipinski definition) is 9. The third-order valence-corrected chi connectivity index (χ3v) is 17.9. The molecule has 37 heteroatoms. The maximum atomic E-state index is 15.5. The van der Waals surface area contributed by atoms with Crippen molar-refractivity contribution in [3.05, 3.63) is 133 Å². The highest BCUT2D eigenvalue weighted by Crippen LogP contribution is 2.66. The van der Waals surface area contributed by atoms with Crippen LogP contribution in [0.3, 0.4) is 0 Å². The van der Waals surface area contributed by atoms with Crippen LogP contribution in [-0.4, -0.2) is 145 Å². The van der Waals surface area contributed by atoms with Crippen LogP contribution in [0.15, 0.2) is 122 Å². The molecule has 14 unspecified atom stereocenters. The molecule has 4 fully saturated rings. The number of alkyl halides is 26. The molecule has 4 aliphatic rings. The number of benzene rings is 2. The zero-order valence-electron chi connectivity index (χ0n) is 53.1. The molecule has 0 amide bonds. The summed E-state index contributed by atoms with van der Waals surface area (Å²) in [5.74, 6) is -100. The van der Waals surface area contributed by atoms with Crippen molar-refractivity contribution in [2.24, 2.45) is 71.0 Å². The van der Waals surface area contributed by atoms with Gasteiger partial charge in [0.25, 0.3) is 0 Å². The van der Waals surface area contributed by atoms with Gasteiger partial charge in [0, 0.05) is 11.8 Å². The van der Waals surface area contributed by atoms with E-state index in [1.807, 2.05) is 0 Å². The lowest BCUT2D eigenvalue weighted by molar-refractivity contribution is -0.443. The second-order valence-corrected chi connectivity index (χ2v) is 24.2. The number of carbonyl (C=O) groups is 4. The molecule has 0 bridgehead atoms. The van der Waals surface area contributed by atoms with Gasteiger partial charge in [-0.25, -0.2) is 0 Å². The van der Waals surface area contributed by atoms with E-state index in [4.69, 9.17) is 23.7 Å². The van der Waals surface area contributed by atoms with Gasteiger partial charge in [0.05, 0.1) is 64.0 Å². The van der Waals surface area contributed by atoms with Crippen molar-refractivity contribution in [3.63, 3.8) is 0 Å². The maximum Gasteiger partial charge on any atom is 0.460 e. The van der Waals surface area contributed by atoms with E-state index in [2.05, 4.69) is 0 Å². The molecule has 0 radical (unpaired) electrons. The summed E-state index contributed by atoms with van der Waals surface area (Å²) in [5.41, 5.74) is 1.29. The fourth-order valence-corrected chi connectivity index (χ4v) is 12.6. The number of carboxylic acids is 2. The zero-order chi connectivity index (χ0) is 77.6. The Morgan fingerprint density at radius 3 is 1.05 bits per heavy atom. The number of ether oxygens (including phenoxy) is 5. The van der Waals surface area contributed by atoms with Crippen molar-refractivity contribution in [3.8, 4) is 0 Å². The Labute approximate surface area is 563 Å². The van der Waals surface area contributed by atoms with Crippen LogP contribution in [0, 0.1) is 71.0 Å². The number of carboxylic acid groups (broad SMARTS) is 2. The van der Waals surface area contributed by atoms with E-state index < -0.39 is 204 Å². The summed E-state index contributed by atoms with van der Waals surface area (Å²) in [6.45, 7) is 2.55. The van der Waals surface area contributed by atoms with Crippen molar-refractivity contribution in [2.45, 2.75) is 130 Å². The highest BCUT2D eigenvalue weighted by molar-refractivity contribution is 5.84. The molecule has 2 N–H and O–H groups in total. The molecule has 1 heterocycles.